The van der Waals surface area contributed by atoms with Gasteiger partial charge < -0.3 is 4.57 Å². The van der Waals surface area contributed by atoms with Crippen LogP contribution in [-0.2, 0) is 7.05 Å². The minimum atomic E-state index is 0.0170. The third-order valence-electron chi connectivity index (χ3n) is 3.16. The Morgan fingerprint density at radius 2 is 1.75 bits per heavy atom. The van der Waals surface area contributed by atoms with Crippen LogP contribution in [0.1, 0.15) is 0 Å². The third-order valence-corrected chi connectivity index (χ3v) is 4.75. The van der Waals surface area contributed by atoms with E-state index in [2.05, 4.69) is 22.0 Å². The molecular weight excluding hydrogens is 334 g/mol. The van der Waals surface area contributed by atoms with E-state index in [-0.39, 0.29) is 5.56 Å². The van der Waals surface area contributed by atoms with Crippen LogP contribution in [-0.4, -0.2) is 4.57 Å². The maximum Gasteiger partial charge on any atom is 0.251 e. The molecule has 0 amide bonds. The van der Waals surface area contributed by atoms with E-state index in [9.17, 15) is 4.79 Å². The van der Waals surface area contributed by atoms with Crippen LogP contribution >= 0.6 is 27.7 Å². The van der Waals surface area contributed by atoms with E-state index < -0.39 is 0 Å². The number of fused-ring (bicyclic) bond motifs is 1. The molecule has 0 unspecified atom stereocenters. The van der Waals surface area contributed by atoms with Gasteiger partial charge in [0.2, 0.25) is 0 Å². The molecule has 4 heteroatoms. The number of para-hydroxylation sites is 1. The van der Waals surface area contributed by atoms with Crippen molar-refractivity contribution in [1.29, 1.82) is 0 Å². The maximum atomic E-state index is 12.0. The number of hydrogen-bond acceptors (Lipinski definition) is 2. The first-order valence-electron chi connectivity index (χ1n) is 6.17. The maximum absolute atomic E-state index is 12.0. The van der Waals surface area contributed by atoms with Gasteiger partial charge in [0, 0.05) is 32.8 Å². The first-order chi connectivity index (χ1) is 9.65. The molecule has 2 aromatic carbocycles. The molecule has 1 aromatic heterocycles. The fraction of sp³-hybridized carbons (Fsp3) is 0.0625. The molecule has 0 radical (unpaired) electrons. The van der Waals surface area contributed by atoms with Crippen molar-refractivity contribution in [2.24, 2.45) is 7.05 Å². The van der Waals surface area contributed by atoms with Crippen LogP contribution in [0.5, 0.6) is 0 Å². The second kappa shape index (κ2) is 5.46. The van der Waals surface area contributed by atoms with Gasteiger partial charge >= 0.3 is 0 Å². The number of nitrogens with zero attached hydrogens (tertiary/aromatic N) is 1. The van der Waals surface area contributed by atoms with Gasteiger partial charge in [0.1, 0.15) is 0 Å². The van der Waals surface area contributed by atoms with Crippen molar-refractivity contribution in [3.05, 3.63) is 69.4 Å². The van der Waals surface area contributed by atoms with Crippen molar-refractivity contribution in [2.45, 2.75) is 9.79 Å². The zero-order chi connectivity index (χ0) is 14.1. The Hall–Kier alpha value is -1.52. The summed E-state index contributed by atoms with van der Waals surface area (Å²) in [6, 6.07) is 17.8. The summed E-state index contributed by atoms with van der Waals surface area (Å²) in [7, 11) is 1.80. The smallest absolute Gasteiger partial charge is 0.251 e. The molecule has 0 aliphatic carbocycles. The molecule has 100 valence electrons. The molecule has 0 aliphatic heterocycles. The van der Waals surface area contributed by atoms with Gasteiger partial charge in [0.25, 0.3) is 5.56 Å². The van der Waals surface area contributed by atoms with Gasteiger partial charge in [-0.3, -0.25) is 4.79 Å². The highest BCUT2D eigenvalue weighted by Crippen LogP contribution is 2.32. The van der Waals surface area contributed by atoms with Gasteiger partial charge in [0.15, 0.2) is 0 Å². The zero-order valence-electron chi connectivity index (χ0n) is 10.8. The van der Waals surface area contributed by atoms with E-state index in [4.69, 9.17) is 0 Å². The SMILES string of the molecule is Cn1c(=O)cc(Sc2ccc(Br)cc2)c2ccccc21. The molecule has 0 spiro atoms. The number of aromatic nitrogens is 1. The molecular formula is C16H12BrNOS. The summed E-state index contributed by atoms with van der Waals surface area (Å²) in [4.78, 5) is 14.1. The first-order valence-corrected chi connectivity index (χ1v) is 7.78. The lowest BCUT2D eigenvalue weighted by Crippen LogP contribution is -2.15. The number of halogens is 1. The van der Waals surface area contributed by atoms with Crippen LogP contribution in [0.3, 0.4) is 0 Å². The molecule has 3 rings (SSSR count). The molecule has 20 heavy (non-hydrogen) atoms. The zero-order valence-corrected chi connectivity index (χ0v) is 13.2. The number of aryl methyl sites for hydroxylation is 1. The normalized spacial score (nSPS) is 10.9. The van der Waals surface area contributed by atoms with Crippen LogP contribution in [0.15, 0.2) is 73.7 Å². The van der Waals surface area contributed by atoms with Gasteiger partial charge in [0.05, 0.1) is 5.52 Å². The van der Waals surface area contributed by atoms with E-state index >= 15 is 0 Å². The van der Waals surface area contributed by atoms with E-state index in [0.29, 0.717) is 0 Å². The third kappa shape index (κ3) is 2.53. The van der Waals surface area contributed by atoms with Crippen molar-refractivity contribution < 1.29 is 0 Å². The largest absolute Gasteiger partial charge is 0.311 e. The van der Waals surface area contributed by atoms with Gasteiger partial charge in [-0.25, -0.2) is 0 Å². The Morgan fingerprint density at radius 3 is 2.50 bits per heavy atom. The lowest BCUT2D eigenvalue weighted by Gasteiger charge is -2.09. The van der Waals surface area contributed by atoms with Crippen molar-refractivity contribution in [3.8, 4) is 0 Å². The van der Waals surface area contributed by atoms with Crippen LogP contribution in [0, 0.1) is 0 Å². The second-order valence-corrected chi connectivity index (χ2v) is 6.51. The fourth-order valence-electron chi connectivity index (χ4n) is 2.09. The monoisotopic (exact) mass is 345 g/mol. The highest BCUT2D eigenvalue weighted by molar-refractivity contribution is 9.10. The van der Waals surface area contributed by atoms with Gasteiger partial charge in [-0.1, -0.05) is 45.9 Å². The van der Waals surface area contributed by atoms with Crippen LogP contribution in [0.4, 0.5) is 0 Å². The summed E-state index contributed by atoms with van der Waals surface area (Å²) in [6.07, 6.45) is 0. The quantitative estimate of drug-likeness (QED) is 0.684. The van der Waals surface area contributed by atoms with Crippen LogP contribution in [0.25, 0.3) is 10.9 Å². The molecule has 0 atom stereocenters. The molecule has 0 saturated heterocycles. The minimum Gasteiger partial charge on any atom is -0.311 e. The standard InChI is InChI=1S/C16H12BrNOS/c1-18-14-5-3-2-4-13(14)15(10-16(18)19)20-12-8-6-11(17)7-9-12/h2-10H,1H3. The Bertz CT molecular complexity index is 824. The lowest BCUT2D eigenvalue weighted by atomic mass is 10.2. The average Bonchev–Trinajstić information content (AvgIpc) is 2.47. The summed E-state index contributed by atoms with van der Waals surface area (Å²) in [5, 5.41) is 1.10. The fourth-order valence-corrected chi connectivity index (χ4v) is 3.33. The highest BCUT2D eigenvalue weighted by atomic mass is 79.9. The number of hydrogen-bond donors (Lipinski definition) is 0. The predicted molar refractivity (Wildman–Crippen MR) is 87.5 cm³/mol. The summed E-state index contributed by atoms with van der Waals surface area (Å²) >= 11 is 5.04. The Morgan fingerprint density at radius 1 is 1.05 bits per heavy atom. The first kappa shape index (κ1) is 13.5. The van der Waals surface area contributed by atoms with Crippen molar-refractivity contribution in [2.75, 3.05) is 0 Å². The minimum absolute atomic E-state index is 0.0170. The van der Waals surface area contributed by atoms with E-state index in [0.717, 1.165) is 25.2 Å². The highest BCUT2D eigenvalue weighted by Gasteiger charge is 2.07. The van der Waals surface area contributed by atoms with E-state index in [1.54, 1.807) is 29.4 Å². The summed E-state index contributed by atoms with van der Waals surface area (Å²) in [5.41, 5.74) is 0.975. The molecule has 3 aromatic rings. The number of rotatable bonds is 2. The van der Waals surface area contributed by atoms with E-state index in [1.165, 1.54) is 0 Å². The van der Waals surface area contributed by atoms with Crippen LogP contribution < -0.4 is 5.56 Å². The summed E-state index contributed by atoms with van der Waals surface area (Å²) in [5.74, 6) is 0. The van der Waals surface area contributed by atoms with Crippen molar-refractivity contribution in [3.63, 3.8) is 0 Å². The van der Waals surface area contributed by atoms with Gasteiger partial charge in [-0.05, 0) is 30.3 Å². The van der Waals surface area contributed by atoms with Crippen molar-refractivity contribution in [1.82, 2.24) is 4.57 Å². The summed E-state index contributed by atoms with van der Waals surface area (Å²) < 4.78 is 2.73. The Labute approximate surface area is 129 Å². The Kier molecular flexibility index (Phi) is 3.68. The molecule has 1 heterocycles. The molecule has 0 N–H and O–H groups in total. The predicted octanol–water partition coefficient (Wildman–Crippen LogP) is 4.45. The summed E-state index contributed by atoms with van der Waals surface area (Å²) in [6.45, 7) is 0. The van der Waals surface area contributed by atoms with Crippen molar-refractivity contribution >= 4 is 38.6 Å². The van der Waals surface area contributed by atoms with Gasteiger partial charge in [-0.2, -0.15) is 0 Å². The second-order valence-electron chi connectivity index (χ2n) is 4.48. The van der Waals surface area contributed by atoms with E-state index in [1.807, 2.05) is 42.5 Å². The molecule has 2 nitrogen and oxygen atoms in total. The molecule has 0 fully saturated rings. The Balaban J connectivity index is 2.14. The lowest BCUT2D eigenvalue weighted by molar-refractivity contribution is 0.898. The topological polar surface area (TPSA) is 22.0 Å². The van der Waals surface area contributed by atoms with Crippen LogP contribution in [0.2, 0.25) is 0 Å². The molecule has 0 bridgehead atoms. The average molecular weight is 346 g/mol. The number of pyridine rings is 1. The molecule has 0 saturated carbocycles. The van der Waals surface area contributed by atoms with Gasteiger partial charge in [-0.15, -0.1) is 0 Å². The number of benzene rings is 2. The molecule has 0 aliphatic rings.